The van der Waals surface area contributed by atoms with Gasteiger partial charge in [-0.1, -0.05) is 18.2 Å². The summed E-state index contributed by atoms with van der Waals surface area (Å²) in [5.74, 6) is -7.38. The number of ketones is 2. The van der Waals surface area contributed by atoms with E-state index in [4.69, 9.17) is 10.5 Å². The Hall–Kier alpha value is -4.52. The van der Waals surface area contributed by atoms with Gasteiger partial charge in [-0.15, -0.1) is 0 Å². The van der Waals surface area contributed by atoms with Gasteiger partial charge in [0.05, 0.1) is 11.6 Å². The lowest BCUT2D eigenvalue weighted by molar-refractivity contribution is -0.153. The van der Waals surface area contributed by atoms with Crippen molar-refractivity contribution in [3.8, 4) is 16.9 Å². The SMILES string of the molecule is COCCCNC(=O)c1cccc(-c2ccc(O)c3c2C[C@H]2C[C@H]4C(N(C)C)C(=O)C(C(N)=O)=C(O)[C@@]4(O)C(=O)C2=C3O)c1. The molecule has 2 aromatic carbocycles. The van der Waals surface area contributed by atoms with Crippen molar-refractivity contribution in [2.24, 2.45) is 17.6 Å². The van der Waals surface area contributed by atoms with Crippen LogP contribution in [0.15, 0.2) is 53.3 Å². The molecule has 12 heteroatoms. The topological polar surface area (TPSA) is 200 Å². The molecule has 2 amide bonds. The van der Waals surface area contributed by atoms with Gasteiger partial charge in [0, 0.05) is 37.3 Å². The third kappa shape index (κ3) is 4.75. The number of hydrogen-bond acceptors (Lipinski definition) is 10. The number of rotatable bonds is 8. The van der Waals surface area contributed by atoms with Gasteiger partial charge in [0.25, 0.3) is 11.8 Å². The van der Waals surface area contributed by atoms with Crippen molar-refractivity contribution >= 4 is 29.1 Å². The largest absolute Gasteiger partial charge is 0.508 e. The van der Waals surface area contributed by atoms with Crippen LogP contribution in [0.2, 0.25) is 0 Å². The molecule has 3 aliphatic rings. The van der Waals surface area contributed by atoms with Crippen LogP contribution in [-0.4, -0.2) is 94.7 Å². The molecule has 0 heterocycles. The maximum Gasteiger partial charge on any atom is 0.255 e. The number of nitrogens with two attached hydrogens (primary N) is 1. The monoisotopic (exact) mass is 605 g/mol. The average molecular weight is 606 g/mol. The zero-order valence-corrected chi connectivity index (χ0v) is 24.6. The number of aromatic hydroxyl groups is 1. The summed E-state index contributed by atoms with van der Waals surface area (Å²) < 4.78 is 5.02. The van der Waals surface area contributed by atoms with Gasteiger partial charge < -0.3 is 36.2 Å². The molecule has 7 N–H and O–H groups in total. The molecule has 1 fully saturated rings. The zero-order chi connectivity index (χ0) is 32.1. The van der Waals surface area contributed by atoms with E-state index in [0.29, 0.717) is 41.8 Å². The molecule has 0 saturated heterocycles. The third-order valence-corrected chi connectivity index (χ3v) is 8.85. The van der Waals surface area contributed by atoms with Crippen molar-refractivity contribution < 1.29 is 44.3 Å². The fraction of sp³-hybridized carbons (Fsp3) is 0.375. The lowest BCUT2D eigenvalue weighted by Crippen LogP contribution is -2.65. The summed E-state index contributed by atoms with van der Waals surface area (Å²) in [6, 6.07) is 8.70. The van der Waals surface area contributed by atoms with E-state index in [0.717, 1.165) is 0 Å². The molecule has 0 aromatic heterocycles. The molecule has 232 valence electrons. The predicted molar refractivity (Wildman–Crippen MR) is 159 cm³/mol. The first-order valence-corrected chi connectivity index (χ1v) is 14.2. The van der Waals surface area contributed by atoms with Crippen LogP contribution >= 0.6 is 0 Å². The minimum Gasteiger partial charge on any atom is -0.508 e. The van der Waals surface area contributed by atoms with Crippen LogP contribution in [0.4, 0.5) is 0 Å². The highest BCUT2D eigenvalue weighted by Gasteiger charge is 2.64. The Labute approximate surface area is 253 Å². The first kappa shape index (κ1) is 30.9. The molecule has 1 unspecified atom stereocenters. The number of ether oxygens (including phenoxy) is 1. The van der Waals surface area contributed by atoms with Crippen LogP contribution in [-0.2, 0) is 25.5 Å². The number of nitrogens with one attached hydrogen (secondary N) is 1. The molecule has 5 rings (SSSR count). The Morgan fingerprint density at radius 1 is 1.14 bits per heavy atom. The Morgan fingerprint density at radius 2 is 1.86 bits per heavy atom. The Balaban J connectivity index is 1.61. The van der Waals surface area contributed by atoms with Gasteiger partial charge >= 0.3 is 0 Å². The fourth-order valence-electron chi connectivity index (χ4n) is 6.86. The Morgan fingerprint density at radius 3 is 2.52 bits per heavy atom. The maximum atomic E-state index is 14.0. The molecule has 2 aromatic rings. The molecule has 0 radical (unpaired) electrons. The van der Waals surface area contributed by atoms with Gasteiger partial charge in [0.15, 0.2) is 11.4 Å². The number of Topliss-reactive ketones (excluding diaryl/α,β-unsaturated/α-hetero) is 2. The maximum absolute atomic E-state index is 14.0. The first-order valence-electron chi connectivity index (χ1n) is 14.2. The summed E-state index contributed by atoms with van der Waals surface area (Å²) in [4.78, 5) is 53.7. The molecule has 3 aliphatic carbocycles. The minimum atomic E-state index is -2.71. The lowest BCUT2D eigenvalue weighted by atomic mass is 9.57. The summed E-state index contributed by atoms with van der Waals surface area (Å²) in [6.45, 7) is 0.935. The second kappa shape index (κ2) is 11.5. The summed E-state index contributed by atoms with van der Waals surface area (Å²) in [7, 11) is 4.67. The van der Waals surface area contributed by atoms with Crippen molar-refractivity contribution in [1.29, 1.82) is 0 Å². The molecular formula is C32H35N3O9. The first-order chi connectivity index (χ1) is 20.8. The highest BCUT2D eigenvalue weighted by Crippen LogP contribution is 2.53. The van der Waals surface area contributed by atoms with Gasteiger partial charge in [-0.3, -0.25) is 24.1 Å². The normalized spacial score (nSPS) is 24.6. The number of methoxy groups -OCH3 is 1. The number of benzene rings is 2. The van der Waals surface area contributed by atoms with E-state index in [1.165, 1.54) is 11.0 Å². The van der Waals surface area contributed by atoms with Crippen LogP contribution in [0.1, 0.15) is 34.3 Å². The molecule has 44 heavy (non-hydrogen) atoms. The Kier molecular flexibility index (Phi) is 8.10. The number of aliphatic hydroxyl groups excluding tert-OH is 2. The van der Waals surface area contributed by atoms with Gasteiger partial charge in [-0.2, -0.15) is 0 Å². The number of likely N-dealkylation sites (N-methyl/N-ethyl adjacent to an activating group) is 1. The van der Waals surface area contributed by atoms with Crippen LogP contribution in [0.5, 0.6) is 5.75 Å². The van der Waals surface area contributed by atoms with E-state index in [1.54, 1.807) is 51.5 Å². The number of carbonyl (C=O) groups is 4. The third-order valence-electron chi connectivity index (χ3n) is 8.85. The molecule has 0 spiro atoms. The molecule has 0 aliphatic heterocycles. The van der Waals surface area contributed by atoms with Gasteiger partial charge in [-0.05, 0) is 74.2 Å². The fourth-order valence-corrected chi connectivity index (χ4v) is 6.86. The van der Waals surface area contributed by atoms with E-state index in [2.05, 4.69) is 5.32 Å². The molecule has 12 nitrogen and oxygen atoms in total. The lowest BCUT2D eigenvalue weighted by Gasteiger charge is -2.50. The van der Waals surface area contributed by atoms with E-state index in [1.807, 2.05) is 0 Å². The highest BCUT2D eigenvalue weighted by atomic mass is 16.5. The van der Waals surface area contributed by atoms with Crippen LogP contribution in [0.3, 0.4) is 0 Å². The second-order valence-electron chi connectivity index (χ2n) is 11.6. The van der Waals surface area contributed by atoms with Crippen LogP contribution in [0.25, 0.3) is 16.9 Å². The van der Waals surface area contributed by atoms with Gasteiger partial charge in [0.1, 0.15) is 22.8 Å². The van der Waals surface area contributed by atoms with E-state index < -0.39 is 58.0 Å². The molecule has 4 atom stereocenters. The summed E-state index contributed by atoms with van der Waals surface area (Å²) in [6.07, 6.45) is 0.756. The zero-order valence-electron chi connectivity index (χ0n) is 24.6. The molecule has 0 bridgehead atoms. The number of nitrogens with zero attached hydrogens (tertiary/aromatic N) is 1. The number of amides is 2. The molecule has 1 saturated carbocycles. The minimum absolute atomic E-state index is 0.0202. The predicted octanol–water partition coefficient (Wildman–Crippen LogP) is 1.40. The highest BCUT2D eigenvalue weighted by molar-refractivity contribution is 6.24. The van der Waals surface area contributed by atoms with Crippen molar-refractivity contribution in [1.82, 2.24) is 10.2 Å². The van der Waals surface area contributed by atoms with Gasteiger partial charge in [0.2, 0.25) is 5.78 Å². The summed E-state index contributed by atoms with van der Waals surface area (Å²) in [5.41, 5.74) is 3.70. The number of phenolic OH excluding ortho intramolecular Hbond substituents is 1. The second-order valence-corrected chi connectivity index (χ2v) is 11.6. The number of primary amides is 1. The van der Waals surface area contributed by atoms with E-state index in [-0.39, 0.29) is 35.6 Å². The Bertz CT molecular complexity index is 1640. The number of hydrogen-bond donors (Lipinski definition) is 6. The van der Waals surface area contributed by atoms with Crippen molar-refractivity contribution in [3.05, 3.63) is 70.0 Å². The number of phenols is 1. The smallest absolute Gasteiger partial charge is 0.255 e. The summed E-state index contributed by atoms with van der Waals surface area (Å²) >= 11 is 0. The standard InChI is InChI=1S/C32H35N3O9/c1-35(2)25-20-14-17-13-19-18(15-6-4-7-16(12-15)31(42)34-10-5-11-44-3)8-9-21(36)23(19)26(37)22(17)28(39)32(20,43)29(40)24(27(25)38)30(33)41/h4,6-9,12,17,20,25,36-37,40,43H,5,10-11,13-14H2,1-3H3,(H2,33,41)(H,34,42)/t17-,20-,25?,32-/m0/s1. The van der Waals surface area contributed by atoms with Crippen molar-refractivity contribution in [2.75, 3.05) is 34.4 Å². The average Bonchev–Trinajstić information content (AvgIpc) is 2.97. The molecular weight excluding hydrogens is 570 g/mol. The summed E-state index contributed by atoms with van der Waals surface area (Å²) in [5, 5.41) is 48.0. The number of fused-ring (bicyclic) bond motifs is 3. The quantitative estimate of drug-likeness (QED) is 0.189. The van der Waals surface area contributed by atoms with Crippen LogP contribution < -0.4 is 11.1 Å². The van der Waals surface area contributed by atoms with Crippen molar-refractivity contribution in [2.45, 2.75) is 30.9 Å². The van der Waals surface area contributed by atoms with Crippen molar-refractivity contribution in [3.63, 3.8) is 0 Å². The number of aliphatic hydroxyl groups is 3. The van der Waals surface area contributed by atoms with E-state index >= 15 is 0 Å². The van der Waals surface area contributed by atoms with Crippen LogP contribution in [0, 0.1) is 11.8 Å². The van der Waals surface area contributed by atoms with E-state index in [9.17, 15) is 39.6 Å². The number of carbonyl (C=O) groups excluding carboxylic acids is 4. The van der Waals surface area contributed by atoms with Gasteiger partial charge in [-0.25, -0.2) is 0 Å².